The van der Waals surface area contributed by atoms with E-state index in [2.05, 4.69) is 24.9 Å². The van der Waals surface area contributed by atoms with Gasteiger partial charge >= 0.3 is 0 Å². The number of rotatable bonds is 7. The summed E-state index contributed by atoms with van der Waals surface area (Å²) in [7, 11) is 0. The Morgan fingerprint density at radius 1 is 1.16 bits per heavy atom. The van der Waals surface area contributed by atoms with Crippen molar-refractivity contribution in [1.82, 2.24) is 29.5 Å². The van der Waals surface area contributed by atoms with E-state index < -0.39 is 0 Å². The summed E-state index contributed by atoms with van der Waals surface area (Å²) < 4.78 is 9.31. The normalized spacial score (nSPS) is 13.6. The van der Waals surface area contributed by atoms with Crippen LogP contribution in [0.1, 0.15) is 46.4 Å². The van der Waals surface area contributed by atoms with Crippen LogP contribution in [0.25, 0.3) is 17.2 Å². The topological polar surface area (TPSA) is 91.6 Å². The summed E-state index contributed by atoms with van der Waals surface area (Å²) in [4.78, 5) is 17.2. The first-order valence-corrected chi connectivity index (χ1v) is 11.2. The molecule has 8 nitrogen and oxygen atoms in total. The van der Waals surface area contributed by atoms with Crippen LogP contribution >= 0.6 is 11.8 Å². The molecule has 0 saturated heterocycles. The predicted molar refractivity (Wildman–Crippen MR) is 117 cm³/mol. The second-order valence-corrected chi connectivity index (χ2v) is 8.71. The molecular formula is C22H22N6O2S. The molecule has 0 spiro atoms. The van der Waals surface area contributed by atoms with Crippen molar-refractivity contribution in [3.05, 3.63) is 59.4 Å². The molecule has 1 aliphatic carbocycles. The van der Waals surface area contributed by atoms with E-state index in [-0.39, 0.29) is 5.78 Å². The Kier molecular flexibility index (Phi) is 4.97. The number of carbonyl (C=O) groups excluding carboxylic acids is 1. The highest BCUT2D eigenvalue weighted by atomic mass is 32.2. The number of thioether (sulfide) groups is 1. The average Bonchev–Trinajstić information content (AvgIpc) is 3.26. The maximum absolute atomic E-state index is 13.1. The summed E-state index contributed by atoms with van der Waals surface area (Å²) in [6.45, 7) is 5.75. The molecular weight excluding hydrogens is 412 g/mol. The first-order valence-electron chi connectivity index (χ1n) is 10.2. The number of aromatic nitrogens is 6. The van der Waals surface area contributed by atoms with Crippen molar-refractivity contribution in [2.24, 2.45) is 0 Å². The highest BCUT2D eigenvalue weighted by Gasteiger charge is 2.30. The molecule has 0 aromatic carbocycles. The van der Waals surface area contributed by atoms with Crippen molar-refractivity contribution in [3.63, 3.8) is 0 Å². The average molecular weight is 435 g/mol. The molecule has 4 aromatic heterocycles. The van der Waals surface area contributed by atoms with Crippen molar-refractivity contribution in [1.29, 1.82) is 0 Å². The second kappa shape index (κ2) is 7.81. The molecule has 0 amide bonds. The number of hydrogen-bond acceptors (Lipinski definition) is 7. The molecule has 5 rings (SSSR count). The monoisotopic (exact) mass is 434 g/mol. The number of Topliss-reactive ketones (excluding diaryl/α,β-unsaturated/α-hetero) is 1. The fraction of sp³-hybridized carbons (Fsp3) is 0.318. The minimum absolute atomic E-state index is 0.0559. The first kappa shape index (κ1) is 19.7. The lowest BCUT2D eigenvalue weighted by atomic mass is 10.2. The van der Waals surface area contributed by atoms with Gasteiger partial charge in [0.25, 0.3) is 0 Å². The van der Waals surface area contributed by atoms with Gasteiger partial charge in [0.1, 0.15) is 5.76 Å². The van der Waals surface area contributed by atoms with Crippen molar-refractivity contribution >= 4 is 17.5 Å². The molecule has 158 valence electrons. The molecule has 0 aliphatic heterocycles. The molecule has 1 saturated carbocycles. The Hall–Kier alpha value is -3.20. The van der Waals surface area contributed by atoms with E-state index in [1.54, 1.807) is 12.4 Å². The number of hydrogen-bond donors (Lipinski definition) is 0. The van der Waals surface area contributed by atoms with E-state index in [9.17, 15) is 4.79 Å². The zero-order valence-corrected chi connectivity index (χ0v) is 18.4. The van der Waals surface area contributed by atoms with E-state index in [1.165, 1.54) is 11.8 Å². The number of nitrogens with zero attached hydrogens (tertiary/aromatic N) is 6. The summed E-state index contributed by atoms with van der Waals surface area (Å²) in [6.07, 6.45) is 5.72. The zero-order chi connectivity index (χ0) is 21.5. The molecule has 1 fully saturated rings. The number of ketones is 1. The minimum atomic E-state index is 0.0559. The van der Waals surface area contributed by atoms with Crippen LogP contribution in [0.4, 0.5) is 0 Å². The second-order valence-electron chi connectivity index (χ2n) is 7.77. The van der Waals surface area contributed by atoms with Crippen LogP contribution in [-0.4, -0.2) is 41.0 Å². The summed E-state index contributed by atoms with van der Waals surface area (Å²) >= 11 is 1.44. The maximum atomic E-state index is 13.1. The Balaban J connectivity index is 1.38. The van der Waals surface area contributed by atoms with Gasteiger partial charge < -0.3 is 4.52 Å². The van der Waals surface area contributed by atoms with Gasteiger partial charge in [0, 0.05) is 47.0 Å². The highest BCUT2D eigenvalue weighted by molar-refractivity contribution is 7.99. The van der Waals surface area contributed by atoms with Crippen molar-refractivity contribution in [2.75, 3.05) is 5.75 Å². The molecule has 4 heterocycles. The smallest absolute Gasteiger partial charge is 0.192 e. The lowest BCUT2D eigenvalue weighted by molar-refractivity contribution is 0.102. The summed E-state index contributed by atoms with van der Waals surface area (Å²) in [6, 6.07) is 8.04. The van der Waals surface area contributed by atoms with Gasteiger partial charge in [-0.25, -0.2) is 0 Å². The fourth-order valence-electron chi connectivity index (χ4n) is 3.80. The molecule has 31 heavy (non-hydrogen) atoms. The van der Waals surface area contributed by atoms with Crippen molar-refractivity contribution in [2.45, 2.75) is 44.8 Å². The zero-order valence-electron chi connectivity index (χ0n) is 17.6. The van der Waals surface area contributed by atoms with Gasteiger partial charge in [-0.3, -0.25) is 18.9 Å². The lowest BCUT2D eigenvalue weighted by Crippen LogP contribution is -2.07. The van der Waals surface area contributed by atoms with E-state index in [0.29, 0.717) is 23.2 Å². The highest BCUT2D eigenvalue weighted by Crippen LogP contribution is 2.41. The van der Waals surface area contributed by atoms with Crippen LogP contribution in [0.3, 0.4) is 0 Å². The number of aryl methyl sites for hydroxylation is 2. The van der Waals surface area contributed by atoms with Gasteiger partial charge in [0.05, 0.1) is 5.75 Å². The van der Waals surface area contributed by atoms with Gasteiger partial charge in [-0.1, -0.05) is 16.9 Å². The Morgan fingerprint density at radius 2 is 1.94 bits per heavy atom. The first-order chi connectivity index (χ1) is 15.0. The molecule has 0 radical (unpaired) electrons. The van der Waals surface area contributed by atoms with Crippen LogP contribution in [0.2, 0.25) is 0 Å². The molecule has 9 heteroatoms. The fourth-order valence-corrected chi connectivity index (χ4v) is 4.69. The van der Waals surface area contributed by atoms with Gasteiger partial charge in [0.2, 0.25) is 0 Å². The van der Waals surface area contributed by atoms with Crippen LogP contribution in [-0.2, 0) is 0 Å². The number of carbonyl (C=O) groups is 1. The van der Waals surface area contributed by atoms with Crippen LogP contribution < -0.4 is 0 Å². The van der Waals surface area contributed by atoms with Gasteiger partial charge in [-0.05, 0) is 51.8 Å². The molecule has 0 atom stereocenters. The Labute approximate surface area is 183 Å². The van der Waals surface area contributed by atoms with Gasteiger partial charge in [0.15, 0.2) is 22.6 Å². The predicted octanol–water partition coefficient (Wildman–Crippen LogP) is 4.35. The summed E-state index contributed by atoms with van der Waals surface area (Å²) in [5, 5.41) is 13.7. The van der Waals surface area contributed by atoms with Crippen LogP contribution in [0, 0.1) is 20.8 Å². The summed E-state index contributed by atoms with van der Waals surface area (Å²) in [5.41, 5.74) is 3.48. The minimum Gasteiger partial charge on any atom is -0.360 e. The van der Waals surface area contributed by atoms with E-state index in [4.69, 9.17) is 4.52 Å². The van der Waals surface area contributed by atoms with Crippen molar-refractivity contribution in [3.8, 4) is 17.2 Å². The van der Waals surface area contributed by atoms with Gasteiger partial charge in [-0.15, -0.1) is 10.2 Å². The van der Waals surface area contributed by atoms with Crippen LogP contribution in [0.5, 0.6) is 0 Å². The van der Waals surface area contributed by atoms with E-state index in [0.717, 1.165) is 46.5 Å². The third-order valence-electron chi connectivity index (χ3n) is 5.42. The van der Waals surface area contributed by atoms with Crippen LogP contribution in [0.15, 0.2) is 46.3 Å². The molecule has 0 unspecified atom stereocenters. The third kappa shape index (κ3) is 3.69. The maximum Gasteiger partial charge on any atom is 0.192 e. The SMILES string of the molecule is Cc1cc(-n2c(C)cc(C(=O)CSc3nnc(-c4ccncc4)n3C3CC3)c2C)no1. The lowest BCUT2D eigenvalue weighted by Gasteiger charge is -2.08. The molecule has 0 N–H and O–H groups in total. The Bertz CT molecular complexity index is 1250. The Morgan fingerprint density at radius 3 is 2.61 bits per heavy atom. The molecule has 1 aliphatic rings. The van der Waals surface area contributed by atoms with Crippen molar-refractivity contribution < 1.29 is 9.32 Å². The number of pyridine rings is 1. The molecule has 4 aromatic rings. The quantitative estimate of drug-likeness (QED) is 0.315. The standard InChI is InChI=1S/C22H22N6O2S/c1-13-10-18(15(3)27(13)20-11-14(2)30-26-20)19(29)12-31-22-25-24-21(28(22)17-4-5-17)16-6-8-23-9-7-16/h6-11,17H,4-5,12H2,1-3H3. The third-order valence-corrected chi connectivity index (χ3v) is 6.37. The largest absolute Gasteiger partial charge is 0.360 e. The van der Waals surface area contributed by atoms with E-state index >= 15 is 0 Å². The van der Waals surface area contributed by atoms with Gasteiger partial charge in [-0.2, -0.15) is 0 Å². The van der Waals surface area contributed by atoms with E-state index in [1.807, 2.05) is 49.6 Å². The summed E-state index contributed by atoms with van der Waals surface area (Å²) in [5.74, 6) is 2.60. The molecule has 0 bridgehead atoms.